The van der Waals surface area contributed by atoms with Crippen LogP contribution in [0.1, 0.15) is 26.2 Å². The van der Waals surface area contributed by atoms with Crippen molar-refractivity contribution in [2.75, 3.05) is 13.2 Å². The fourth-order valence-corrected chi connectivity index (χ4v) is 1.42. The van der Waals surface area contributed by atoms with E-state index in [9.17, 15) is 4.57 Å². The summed E-state index contributed by atoms with van der Waals surface area (Å²) in [4.78, 5) is 0. The van der Waals surface area contributed by atoms with Crippen LogP contribution in [0.2, 0.25) is 0 Å². The van der Waals surface area contributed by atoms with Crippen molar-refractivity contribution >= 4 is 59.6 Å². The SMILES string of the molecule is CCCCO[PH](=O)OC(N)CCN.[KH]. The summed E-state index contributed by atoms with van der Waals surface area (Å²) in [5.41, 5.74) is 10.7. The van der Waals surface area contributed by atoms with Gasteiger partial charge in [0.1, 0.15) is 6.23 Å². The zero-order valence-electron chi connectivity index (χ0n) is 7.99. The second-order valence-corrected chi connectivity index (χ2v) is 3.71. The van der Waals surface area contributed by atoms with E-state index in [-0.39, 0.29) is 51.4 Å². The van der Waals surface area contributed by atoms with Gasteiger partial charge >= 0.3 is 59.6 Å². The molecule has 2 atom stereocenters. The van der Waals surface area contributed by atoms with Crippen molar-refractivity contribution in [3.05, 3.63) is 0 Å². The number of hydrogen-bond donors (Lipinski definition) is 2. The van der Waals surface area contributed by atoms with Crippen LogP contribution in [0.5, 0.6) is 0 Å². The molecule has 0 rings (SSSR count). The summed E-state index contributed by atoms with van der Waals surface area (Å²) in [6.45, 7) is 2.91. The van der Waals surface area contributed by atoms with Gasteiger partial charge in [0.2, 0.25) is 0 Å². The Kier molecular flexibility index (Phi) is 16.5. The molecule has 0 heterocycles. The Labute approximate surface area is 129 Å². The Hall–Kier alpha value is 1.71. The molecule has 4 N–H and O–H groups in total. The van der Waals surface area contributed by atoms with Gasteiger partial charge in [0, 0.05) is 0 Å². The van der Waals surface area contributed by atoms with Crippen LogP contribution in [0.15, 0.2) is 0 Å². The molecule has 0 aromatic heterocycles. The van der Waals surface area contributed by atoms with E-state index in [2.05, 4.69) is 0 Å². The van der Waals surface area contributed by atoms with Gasteiger partial charge in [-0.25, -0.2) is 0 Å². The fraction of sp³-hybridized carbons (Fsp3) is 1.00. The molecule has 82 valence electrons. The quantitative estimate of drug-likeness (QED) is 0.278. The van der Waals surface area contributed by atoms with E-state index in [1.54, 1.807) is 0 Å². The first-order valence-corrected chi connectivity index (χ1v) is 5.72. The van der Waals surface area contributed by atoms with Crippen LogP contribution in [0.3, 0.4) is 0 Å². The molecule has 0 aliphatic carbocycles. The molecule has 0 aromatic rings. The Balaban J connectivity index is 0. The molecule has 14 heavy (non-hydrogen) atoms. The molecule has 0 aliphatic rings. The standard InChI is InChI=1S/C7H19N2O3P.K.H/c1-2-3-6-11-13(10)12-7(9)4-5-8;;/h7,13H,2-6,8-9H2,1H3;;. The van der Waals surface area contributed by atoms with Gasteiger partial charge in [-0.2, -0.15) is 0 Å². The van der Waals surface area contributed by atoms with Crippen molar-refractivity contribution in [2.24, 2.45) is 11.5 Å². The van der Waals surface area contributed by atoms with Gasteiger partial charge in [0.25, 0.3) is 0 Å². The van der Waals surface area contributed by atoms with Crippen molar-refractivity contribution in [3.63, 3.8) is 0 Å². The average molecular weight is 250 g/mol. The van der Waals surface area contributed by atoms with E-state index >= 15 is 0 Å². The summed E-state index contributed by atoms with van der Waals surface area (Å²) in [7, 11) is -2.41. The maximum absolute atomic E-state index is 11.0. The second-order valence-electron chi connectivity index (χ2n) is 2.69. The van der Waals surface area contributed by atoms with E-state index in [0.29, 0.717) is 19.6 Å². The van der Waals surface area contributed by atoms with Crippen molar-refractivity contribution < 1.29 is 13.6 Å². The van der Waals surface area contributed by atoms with Gasteiger partial charge in [-0.1, -0.05) is 13.3 Å². The number of hydrogen-bond acceptors (Lipinski definition) is 5. The number of rotatable bonds is 8. The molecule has 0 saturated heterocycles. The van der Waals surface area contributed by atoms with Crippen LogP contribution >= 0.6 is 8.25 Å². The summed E-state index contributed by atoms with van der Waals surface area (Å²) in [6.07, 6.45) is 1.81. The zero-order valence-corrected chi connectivity index (χ0v) is 8.99. The van der Waals surface area contributed by atoms with E-state index in [0.717, 1.165) is 12.8 Å². The van der Waals surface area contributed by atoms with Crippen molar-refractivity contribution in [1.29, 1.82) is 0 Å². The van der Waals surface area contributed by atoms with Crippen LogP contribution in [0.4, 0.5) is 0 Å². The first kappa shape index (κ1) is 18.1. The first-order valence-electron chi connectivity index (χ1n) is 4.49. The molecular formula is C7H20KN2O3P. The van der Waals surface area contributed by atoms with Crippen molar-refractivity contribution in [3.8, 4) is 0 Å². The third kappa shape index (κ3) is 11.8. The molecule has 0 spiro atoms. The average Bonchev–Trinajstić information content (AvgIpc) is 2.05. The molecule has 0 aromatic carbocycles. The maximum atomic E-state index is 11.0. The summed E-state index contributed by atoms with van der Waals surface area (Å²) >= 11 is 0. The Morgan fingerprint density at radius 3 is 2.64 bits per heavy atom. The minimum atomic E-state index is -2.41. The topological polar surface area (TPSA) is 87.6 Å². The van der Waals surface area contributed by atoms with E-state index < -0.39 is 14.5 Å². The molecule has 7 heteroatoms. The van der Waals surface area contributed by atoms with Crippen molar-refractivity contribution in [1.82, 2.24) is 0 Å². The van der Waals surface area contributed by atoms with Gasteiger partial charge in [0.15, 0.2) is 0 Å². The Morgan fingerprint density at radius 1 is 1.50 bits per heavy atom. The molecule has 0 radical (unpaired) electrons. The third-order valence-corrected chi connectivity index (χ3v) is 2.35. The fourth-order valence-electron chi connectivity index (χ4n) is 0.681. The summed E-state index contributed by atoms with van der Waals surface area (Å²) in [5.74, 6) is 0. The van der Waals surface area contributed by atoms with Gasteiger partial charge < -0.3 is 16.0 Å². The summed E-state index contributed by atoms with van der Waals surface area (Å²) in [6, 6.07) is 0. The van der Waals surface area contributed by atoms with Crippen LogP contribution in [-0.4, -0.2) is 70.8 Å². The molecule has 0 fully saturated rings. The first-order chi connectivity index (χ1) is 6.20. The van der Waals surface area contributed by atoms with Gasteiger partial charge in [0.05, 0.1) is 6.61 Å². The Morgan fingerprint density at radius 2 is 2.14 bits per heavy atom. The van der Waals surface area contributed by atoms with E-state index in [4.69, 9.17) is 20.5 Å². The van der Waals surface area contributed by atoms with Crippen LogP contribution in [-0.2, 0) is 13.6 Å². The monoisotopic (exact) mass is 250 g/mol. The van der Waals surface area contributed by atoms with Crippen LogP contribution in [0, 0.1) is 0 Å². The van der Waals surface area contributed by atoms with Crippen LogP contribution in [0.25, 0.3) is 0 Å². The molecule has 0 saturated carbocycles. The number of unbranched alkanes of at least 4 members (excludes halogenated alkanes) is 1. The van der Waals surface area contributed by atoms with Gasteiger partial charge in [-0.05, 0) is 19.4 Å². The molecule has 5 nitrogen and oxygen atoms in total. The Bertz CT molecular complexity index is 151. The second kappa shape index (κ2) is 12.8. The predicted octanol–water partition coefficient (Wildman–Crippen LogP) is 0.195. The van der Waals surface area contributed by atoms with Gasteiger partial charge in [-0.3, -0.25) is 9.09 Å². The molecule has 2 unspecified atom stereocenters. The van der Waals surface area contributed by atoms with E-state index in [1.165, 1.54) is 0 Å². The molecule has 0 aliphatic heterocycles. The zero-order chi connectivity index (χ0) is 10.1. The number of nitrogens with two attached hydrogens (primary N) is 2. The summed E-state index contributed by atoms with van der Waals surface area (Å²) in [5, 5.41) is 0. The van der Waals surface area contributed by atoms with Gasteiger partial charge in [-0.15, -0.1) is 0 Å². The van der Waals surface area contributed by atoms with E-state index in [1.807, 2.05) is 6.92 Å². The normalized spacial score (nSPS) is 14.5. The van der Waals surface area contributed by atoms with Crippen LogP contribution < -0.4 is 11.5 Å². The minimum absolute atomic E-state index is 0. The summed E-state index contributed by atoms with van der Waals surface area (Å²) < 4.78 is 20.8. The molecular weight excluding hydrogens is 230 g/mol. The molecule has 0 amide bonds. The predicted molar refractivity (Wildman–Crippen MR) is 59.7 cm³/mol. The third-order valence-electron chi connectivity index (χ3n) is 1.42. The van der Waals surface area contributed by atoms with Crippen molar-refractivity contribution in [2.45, 2.75) is 32.4 Å². The molecule has 0 bridgehead atoms.